The van der Waals surface area contributed by atoms with Gasteiger partial charge in [0.2, 0.25) is 29.1 Å². The average molecular weight is 537 g/mol. The van der Waals surface area contributed by atoms with E-state index < -0.39 is 83.9 Å². The van der Waals surface area contributed by atoms with Crippen LogP contribution in [0.3, 0.4) is 0 Å². The van der Waals surface area contributed by atoms with Crippen LogP contribution in [0, 0.1) is 29.2 Å². The molecule has 200 valence electrons. The number of ether oxygens (including phenoxy) is 1. The maximum atomic E-state index is 13.7. The number of nitrogens with zero attached hydrogens (tertiary/aromatic N) is 2. The van der Waals surface area contributed by atoms with Gasteiger partial charge >= 0.3 is 5.97 Å². The lowest BCUT2D eigenvalue weighted by Gasteiger charge is -2.19. The van der Waals surface area contributed by atoms with Crippen LogP contribution in [0.1, 0.15) is 30.5 Å². The molecule has 0 aliphatic rings. The number of halogens is 4. The molecular formula is C24H19F4N3O7. The molecule has 10 nitrogen and oxygen atoms in total. The largest absolute Gasteiger partial charge is 0.481 e. The second-order valence-electron chi connectivity index (χ2n) is 8.03. The predicted molar refractivity (Wildman–Crippen MR) is 119 cm³/mol. The van der Waals surface area contributed by atoms with Gasteiger partial charge in [0.25, 0.3) is 5.89 Å². The highest BCUT2D eigenvalue weighted by Crippen LogP contribution is 2.26. The number of carboxylic acids is 1. The standard InChI is InChI=1S/C24H19F4N3O7/c1-11(7-16(32)24-30-22(31-38-24)12-5-3-2-4-6-12)23(36)29-15(9-18(34)35)17(33)10-37-21-19(27)13(25)8-14(26)20(21)28/h2-6,8,11,15H,7,9-10H2,1H3,(H,29,36)(H,34,35)/t11-,15+/m1/s1. The van der Waals surface area contributed by atoms with Crippen molar-refractivity contribution in [3.05, 3.63) is 65.6 Å². The maximum Gasteiger partial charge on any atom is 0.305 e. The first-order valence-electron chi connectivity index (χ1n) is 10.9. The van der Waals surface area contributed by atoms with Crippen molar-refractivity contribution in [1.82, 2.24) is 15.5 Å². The first-order chi connectivity index (χ1) is 18.0. The molecule has 1 aromatic heterocycles. The molecule has 0 saturated heterocycles. The molecule has 3 rings (SSSR count). The summed E-state index contributed by atoms with van der Waals surface area (Å²) in [6, 6.07) is 6.77. The Labute approximate surface area is 211 Å². The van der Waals surface area contributed by atoms with Gasteiger partial charge in [-0.3, -0.25) is 19.2 Å². The third-order valence-corrected chi connectivity index (χ3v) is 5.15. The molecule has 3 aromatic rings. The topological polar surface area (TPSA) is 149 Å². The SMILES string of the molecule is C[C@H](CC(=O)c1nc(-c2ccccc2)no1)C(=O)N[C@@H](CC(=O)O)C(=O)COc1c(F)c(F)cc(F)c1F. The Hall–Kier alpha value is -4.62. The van der Waals surface area contributed by atoms with E-state index in [-0.39, 0.29) is 17.8 Å². The Balaban J connectivity index is 1.63. The summed E-state index contributed by atoms with van der Waals surface area (Å²) in [7, 11) is 0. The Kier molecular flexibility index (Phi) is 8.89. The molecule has 14 heteroatoms. The minimum Gasteiger partial charge on any atom is -0.481 e. The number of carbonyl (C=O) groups excluding carboxylic acids is 3. The van der Waals surface area contributed by atoms with Crippen LogP contribution in [-0.4, -0.2) is 51.3 Å². The zero-order valence-electron chi connectivity index (χ0n) is 19.5. The number of amides is 1. The lowest BCUT2D eigenvalue weighted by Crippen LogP contribution is -2.46. The van der Waals surface area contributed by atoms with Gasteiger partial charge in [-0.15, -0.1) is 0 Å². The molecule has 0 aliphatic heterocycles. The van der Waals surface area contributed by atoms with Gasteiger partial charge in [-0.05, 0) is 0 Å². The summed E-state index contributed by atoms with van der Waals surface area (Å²) in [6.45, 7) is 0.0767. The van der Waals surface area contributed by atoms with E-state index in [9.17, 15) is 36.7 Å². The number of nitrogens with one attached hydrogen (secondary N) is 1. The van der Waals surface area contributed by atoms with Gasteiger partial charge in [0, 0.05) is 24.0 Å². The van der Waals surface area contributed by atoms with Crippen LogP contribution in [-0.2, 0) is 14.4 Å². The van der Waals surface area contributed by atoms with Crippen LogP contribution in [0.5, 0.6) is 5.75 Å². The smallest absolute Gasteiger partial charge is 0.305 e. The highest BCUT2D eigenvalue weighted by atomic mass is 19.2. The molecular weight excluding hydrogens is 518 g/mol. The minimum atomic E-state index is -1.90. The predicted octanol–water partition coefficient (Wildman–Crippen LogP) is 3.11. The first kappa shape index (κ1) is 28.0. The Morgan fingerprint density at radius 2 is 1.66 bits per heavy atom. The van der Waals surface area contributed by atoms with E-state index in [1.165, 1.54) is 6.92 Å². The molecule has 1 amide bonds. The van der Waals surface area contributed by atoms with E-state index in [2.05, 4.69) is 20.2 Å². The van der Waals surface area contributed by atoms with E-state index in [1.807, 2.05) is 0 Å². The average Bonchev–Trinajstić information content (AvgIpc) is 3.38. The number of aromatic nitrogens is 2. The zero-order valence-corrected chi connectivity index (χ0v) is 19.5. The van der Waals surface area contributed by atoms with Gasteiger partial charge in [0.05, 0.1) is 6.42 Å². The number of carboxylic acid groups (broad SMARTS) is 1. The van der Waals surface area contributed by atoms with Crippen LogP contribution < -0.4 is 10.1 Å². The first-order valence-corrected chi connectivity index (χ1v) is 10.9. The molecule has 1 heterocycles. The van der Waals surface area contributed by atoms with Crippen molar-refractivity contribution in [3.8, 4) is 17.1 Å². The highest BCUT2D eigenvalue weighted by Gasteiger charge is 2.29. The van der Waals surface area contributed by atoms with Crippen molar-refractivity contribution in [2.24, 2.45) is 5.92 Å². The Morgan fingerprint density at radius 1 is 1.03 bits per heavy atom. The molecule has 2 N–H and O–H groups in total. The summed E-state index contributed by atoms with van der Waals surface area (Å²) in [5.74, 6) is -14.6. The lowest BCUT2D eigenvalue weighted by atomic mass is 10.0. The van der Waals surface area contributed by atoms with E-state index in [4.69, 9.17) is 9.63 Å². The number of ketones is 2. The van der Waals surface area contributed by atoms with Crippen LogP contribution in [0.4, 0.5) is 17.6 Å². The van der Waals surface area contributed by atoms with Crippen LogP contribution in [0.2, 0.25) is 0 Å². The number of rotatable bonds is 12. The molecule has 0 aliphatic carbocycles. The van der Waals surface area contributed by atoms with Crippen molar-refractivity contribution in [1.29, 1.82) is 0 Å². The molecule has 0 spiro atoms. The number of aliphatic carboxylic acids is 1. The Bertz CT molecular complexity index is 1340. The fourth-order valence-corrected chi connectivity index (χ4v) is 3.16. The molecule has 38 heavy (non-hydrogen) atoms. The molecule has 0 bridgehead atoms. The molecule has 0 unspecified atom stereocenters. The van der Waals surface area contributed by atoms with Gasteiger partial charge < -0.3 is 19.7 Å². The number of benzene rings is 2. The van der Waals surface area contributed by atoms with Crippen molar-refractivity contribution < 1.29 is 51.1 Å². The van der Waals surface area contributed by atoms with E-state index >= 15 is 0 Å². The molecule has 2 aromatic carbocycles. The zero-order chi connectivity index (χ0) is 28.0. The van der Waals surface area contributed by atoms with Crippen molar-refractivity contribution in [2.75, 3.05) is 6.61 Å². The molecule has 0 fully saturated rings. The maximum absolute atomic E-state index is 13.7. The fraction of sp³-hybridized carbons (Fsp3) is 0.250. The summed E-state index contributed by atoms with van der Waals surface area (Å²) in [5.41, 5.74) is 0.582. The van der Waals surface area contributed by atoms with Gasteiger partial charge in [-0.2, -0.15) is 13.8 Å². The summed E-state index contributed by atoms with van der Waals surface area (Å²) in [5, 5.41) is 14.9. The molecule has 0 radical (unpaired) electrons. The monoisotopic (exact) mass is 537 g/mol. The summed E-state index contributed by atoms with van der Waals surface area (Å²) < 4.78 is 63.6. The number of Topliss-reactive ketones (excluding diaryl/α,β-unsaturated/α-hetero) is 2. The normalized spacial score (nSPS) is 12.4. The summed E-state index contributed by atoms with van der Waals surface area (Å²) in [6.07, 6.45) is -1.41. The van der Waals surface area contributed by atoms with Crippen molar-refractivity contribution >= 4 is 23.4 Å². The van der Waals surface area contributed by atoms with Crippen LogP contribution >= 0.6 is 0 Å². The van der Waals surface area contributed by atoms with Gasteiger partial charge in [0.15, 0.2) is 23.2 Å². The third-order valence-electron chi connectivity index (χ3n) is 5.15. The van der Waals surface area contributed by atoms with E-state index in [1.54, 1.807) is 30.3 Å². The van der Waals surface area contributed by atoms with Gasteiger partial charge in [-0.25, -0.2) is 8.78 Å². The van der Waals surface area contributed by atoms with Crippen LogP contribution in [0.15, 0.2) is 40.9 Å². The highest BCUT2D eigenvalue weighted by molar-refractivity contribution is 5.97. The van der Waals surface area contributed by atoms with E-state index in [0.29, 0.717) is 5.56 Å². The number of hydrogen-bond donors (Lipinski definition) is 2. The number of hydrogen-bond acceptors (Lipinski definition) is 8. The summed E-state index contributed by atoms with van der Waals surface area (Å²) in [4.78, 5) is 52.7. The second kappa shape index (κ2) is 12.1. The van der Waals surface area contributed by atoms with Crippen LogP contribution in [0.25, 0.3) is 11.4 Å². The number of carbonyl (C=O) groups is 4. The van der Waals surface area contributed by atoms with Gasteiger partial charge in [-0.1, -0.05) is 42.4 Å². The minimum absolute atomic E-state index is 0.0632. The van der Waals surface area contributed by atoms with Crippen molar-refractivity contribution in [2.45, 2.75) is 25.8 Å². The molecule has 0 saturated carbocycles. The van der Waals surface area contributed by atoms with Crippen molar-refractivity contribution in [3.63, 3.8) is 0 Å². The molecule has 2 atom stereocenters. The lowest BCUT2D eigenvalue weighted by molar-refractivity contribution is -0.140. The van der Waals surface area contributed by atoms with E-state index in [0.717, 1.165) is 0 Å². The quantitative estimate of drug-likeness (QED) is 0.202. The Morgan fingerprint density at radius 3 is 2.26 bits per heavy atom. The third kappa shape index (κ3) is 6.78. The van der Waals surface area contributed by atoms with Gasteiger partial charge in [0.1, 0.15) is 12.6 Å². The second-order valence-corrected chi connectivity index (χ2v) is 8.03. The fourth-order valence-electron chi connectivity index (χ4n) is 3.16. The summed E-state index contributed by atoms with van der Waals surface area (Å²) >= 11 is 0.